The summed E-state index contributed by atoms with van der Waals surface area (Å²) in [4.78, 5) is 15.8. The second-order valence-corrected chi connectivity index (χ2v) is 8.27. The average molecular weight is 430 g/mol. The maximum Gasteiger partial charge on any atom is 0.0784 e. The summed E-state index contributed by atoms with van der Waals surface area (Å²) in [5, 5.41) is 2.51. The van der Waals surface area contributed by atoms with E-state index in [0.717, 1.165) is 56.5 Å². The van der Waals surface area contributed by atoms with Gasteiger partial charge in [0.1, 0.15) is 0 Å². The molecule has 1 aromatic carbocycles. The van der Waals surface area contributed by atoms with Gasteiger partial charge in [-0.15, -0.1) is 0 Å². The first-order chi connectivity index (χ1) is 15.8. The van der Waals surface area contributed by atoms with Crippen LogP contribution in [0.15, 0.2) is 54.9 Å². The zero-order valence-electron chi connectivity index (χ0n) is 19.3. The molecule has 5 heteroatoms. The summed E-state index contributed by atoms with van der Waals surface area (Å²) in [6.07, 6.45) is 9.51. The van der Waals surface area contributed by atoms with Gasteiger partial charge in [-0.2, -0.15) is 0 Å². The Balaban J connectivity index is 0.00000119. The number of nitrogens with two attached hydrogens (primary N) is 1. The topological polar surface area (TPSA) is 70.8 Å². The average Bonchev–Trinajstić information content (AvgIpc) is 3.24. The maximum absolute atomic E-state index is 5.79. The predicted molar refractivity (Wildman–Crippen MR) is 134 cm³/mol. The first-order valence-electron chi connectivity index (χ1n) is 12.1. The molecule has 3 aromatic heterocycles. The van der Waals surface area contributed by atoms with Gasteiger partial charge in [-0.25, -0.2) is 0 Å². The van der Waals surface area contributed by atoms with Crippen molar-refractivity contribution in [3.05, 3.63) is 71.8 Å². The number of H-pyrrole nitrogens is 1. The number of pyridine rings is 2. The third-order valence-electron chi connectivity index (χ3n) is 6.36. The summed E-state index contributed by atoms with van der Waals surface area (Å²) in [6, 6.07) is 15.3. The number of para-hydroxylation sites is 1. The van der Waals surface area contributed by atoms with Gasteiger partial charge in [0.2, 0.25) is 0 Å². The molecule has 5 nitrogen and oxygen atoms in total. The van der Waals surface area contributed by atoms with Crippen molar-refractivity contribution in [2.45, 2.75) is 58.5 Å². The molecule has 32 heavy (non-hydrogen) atoms. The predicted octanol–water partition coefficient (Wildman–Crippen LogP) is 5.76. The number of aromatic amines is 1. The molecule has 0 saturated heterocycles. The fraction of sp³-hybridized carbons (Fsp3) is 0.407. The highest BCUT2D eigenvalue weighted by molar-refractivity contribution is 6.07. The summed E-state index contributed by atoms with van der Waals surface area (Å²) in [5.41, 5.74) is 11.9. The molecule has 0 bridgehead atoms. The first kappa shape index (κ1) is 22.4. The van der Waals surface area contributed by atoms with E-state index in [-0.39, 0.29) is 0 Å². The van der Waals surface area contributed by atoms with Gasteiger partial charge in [-0.1, -0.05) is 38.1 Å². The Bertz CT molecular complexity index is 1150. The Morgan fingerprint density at radius 3 is 2.75 bits per heavy atom. The Labute approximate surface area is 191 Å². The van der Waals surface area contributed by atoms with Crippen LogP contribution in [0.4, 0.5) is 0 Å². The molecule has 3 heterocycles. The quantitative estimate of drug-likeness (QED) is 0.367. The maximum atomic E-state index is 5.79. The second kappa shape index (κ2) is 10.7. The number of aromatic nitrogens is 3. The largest absolute Gasteiger partial charge is 0.353 e. The lowest BCUT2D eigenvalue weighted by atomic mass is 9.90. The normalized spacial score (nSPS) is 15.6. The van der Waals surface area contributed by atoms with Gasteiger partial charge in [0.15, 0.2) is 0 Å². The van der Waals surface area contributed by atoms with Crippen molar-refractivity contribution in [2.24, 2.45) is 5.73 Å². The molecule has 168 valence electrons. The summed E-state index contributed by atoms with van der Waals surface area (Å²) in [5.74, 6) is 0. The van der Waals surface area contributed by atoms with E-state index in [0.29, 0.717) is 6.04 Å². The number of benzene rings is 1. The minimum absolute atomic E-state index is 0.342. The molecular formula is C27H35N5. The van der Waals surface area contributed by atoms with Crippen LogP contribution >= 0.6 is 0 Å². The van der Waals surface area contributed by atoms with Crippen molar-refractivity contribution in [3.63, 3.8) is 0 Å². The lowest BCUT2D eigenvalue weighted by molar-refractivity contribution is 0.161. The number of hydrogen-bond donors (Lipinski definition) is 2. The Hall–Kier alpha value is -2.76. The van der Waals surface area contributed by atoms with Crippen LogP contribution in [0.5, 0.6) is 0 Å². The van der Waals surface area contributed by atoms with E-state index in [1.54, 1.807) is 0 Å². The molecular weight excluding hydrogens is 394 g/mol. The highest BCUT2D eigenvalue weighted by Crippen LogP contribution is 2.35. The zero-order chi connectivity index (χ0) is 22.3. The Morgan fingerprint density at radius 1 is 1.00 bits per heavy atom. The van der Waals surface area contributed by atoms with E-state index >= 15 is 0 Å². The molecule has 1 aliphatic rings. The van der Waals surface area contributed by atoms with Crippen LogP contribution in [-0.2, 0) is 13.0 Å². The third-order valence-corrected chi connectivity index (χ3v) is 6.36. The molecule has 0 radical (unpaired) electrons. The monoisotopic (exact) mass is 429 g/mol. The molecule has 0 aliphatic heterocycles. The molecule has 3 N–H and O–H groups in total. The van der Waals surface area contributed by atoms with Crippen LogP contribution in [0.25, 0.3) is 21.8 Å². The molecule has 5 rings (SSSR count). The molecule has 0 spiro atoms. The van der Waals surface area contributed by atoms with Crippen LogP contribution in [0, 0.1) is 0 Å². The fourth-order valence-electron chi connectivity index (χ4n) is 4.89. The number of hydrogen-bond acceptors (Lipinski definition) is 4. The lowest BCUT2D eigenvalue weighted by Crippen LogP contribution is -2.33. The minimum Gasteiger partial charge on any atom is -0.353 e. The number of nitrogens with zero attached hydrogens (tertiary/aromatic N) is 3. The molecule has 1 aliphatic carbocycles. The van der Waals surface area contributed by atoms with Gasteiger partial charge in [0.25, 0.3) is 0 Å². The van der Waals surface area contributed by atoms with Crippen molar-refractivity contribution in [1.29, 1.82) is 0 Å². The number of fused-ring (bicyclic) bond motifs is 4. The standard InChI is InChI=1S/C25H29N5.C2H6/c26-13-3-4-16-30(23-11-5-7-18-8-6-14-28-24(18)23)17-22-25-20(12-15-27-22)19-9-1-2-10-21(19)29-25;1-2/h1-2,6,8-10,12,14-15,23,29H,3-5,7,11,13,16-17,26H2;1-2H3. The highest BCUT2D eigenvalue weighted by Gasteiger charge is 2.27. The fourth-order valence-corrected chi connectivity index (χ4v) is 4.89. The molecule has 0 fully saturated rings. The van der Waals surface area contributed by atoms with E-state index in [9.17, 15) is 0 Å². The molecule has 1 unspecified atom stereocenters. The number of rotatable bonds is 7. The first-order valence-corrected chi connectivity index (χ1v) is 12.1. The summed E-state index contributed by atoms with van der Waals surface area (Å²) in [7, 11) is 0. The van der Waals surface area contributed by atoms with Crippen molar-refractivity contribution in [2.75, 3.05) is 13.1 Å². The minimum atomic E-state index is 0.342. The van der Waals surface area contributed by atoms with Gasteiger partial charge >= 0.3 is 0 Å². The van der Waals surface area contributed by atoms with Gasteiger partial charge in [-0.05, 0) is 69.0 Å². The molecule has 1 atom stereocenters. The van der Waals surface area contributed by atoms with Crippen molar-refractivity contribution in [1.82, 2.24) is 19.9 Å². The van der Waals surface area contributed by atoms with Crippen LogP contribution in [-0.4, -0.2) is 32.9 Å². The van der Waals surface area contributed by atoms with Crippen LogP contribution in [0.2, 0.25) is 0 Å². The number of unbranched alkanes of at least 4 members (excludes halogenated alkanes) is 1. The Morgan fingerprint density at radius 2 is 1.88 bits per heavy atom. The molecule has 4 aromatic rings. The molecule has 0 saturated carbocycles. The zero-order valence-corrected chi connectivity index (χ0v) is 19.3. The van der Waals surface area contributed by atoms with Gasteiger partial charge < -0.3 is 10.7 Å². The van der Waals surface area contributed by atoms with E-state index in [1.807, 2.05) is 26.2 Å². The van der Waals surface area contributed by atoms with Gasteiger partial charge in [0, 0.05) is 35.2 Å². The SMILES string of the molecule is CC.NCCCCN(Cc1nccc2c1[nH]c1ccccc12)C1CCCc2cccnc21. The summed E-state index contributed by atoms with van der Waals surface area (Å²) in [6.45, 7) is 6.56. The molecule has 0 amide bonds. The van der Waals surface area contributed by atoms with Crippen LogP contribution < -0.4 is 5.73 Å². The summed E-state index contributed by atoms with van der Waals surface area (Å²) >= 11 is 0. The number of aryl methyl sites for hydroxylation is 1. The van der Waals surface area contributed by atoms with E-state index in [2.05, 4.69) is 52.3 Å². The second-order valence-electron chi connectivity index (χ2n) is 8.27. The van der Waals surface area contributed by atoms with E-state index < -0.39 is 0 Å². The number of nitrogens with one attached hydrogen (secondary N) is 1. The van der Waals surface area contributed by atoms with Crippen molar-refractivity contribution >= 4 is 21.8 Å². The van der Waals surface area contributed by atoms with Crippen molar-refractivity contribution < 1.29 is 0 Å². The van der Waals surface area contributed by atoms with Gasteiger partial charge in [0.05, 0.1) is 22.9 Å². The van der Waals surface area contributed by atoms with Crippen LogP contribution in [0.1, 0.15) is 62.5 Å². The van der Waals surface area contributed by atoms with Crippen LogP contribution in [0.3, 0.4) is 0 Å². The third kappa shape index (κ3) is 4.54. The lowest BCUT2D eigenvalue weighted by Gasteiger charge is -2.35. The highest BCUT2D eigenvalue weighted by atomic mass is 15.2. The summed E-state index contributed by atoms with van der Waals surface area (Å²) < 4.78 is 0. The smallest absolute Gasteiger partial charge is 0.0784 e. The van der Waals surface area contributed by atoms with Gasteiger partial charge in [-0.3, -0.25) is 14.9 Å². The van der Waals surface area contributed by atoms with Crippen molar-refractivity contribution in [3.8, 4) is 0 Å². The Kier molecular flexibility index (Phi) is 7.51. The van der Waals surface area contributed by atoms with E-state index in [1.165, 1.54) is 34.0 Å². The van der Waals surface area contributed by atoms with E-state index in [4.69, 9.17) is 15.7 Å².